The van der Waals surface area contributed by atoms with Crippen LogP contribution in [-0.2, 0) is 4.79 Å². The summed E-state index contributed by atoms with van der Waals surface area (Å²) in [6, 6.07) is 0. The van der Waals surface area contributed by atoms with Gasteiger partial charge in [0.2, 0.25) is 0 Å². The lowest BCUT2D eigenvalue weighted by Gasteiger charge is -2.55. The van der Waals surface area contributed by atoms with E-state index in [1.807, 2.05) is 0 Å². The van der Waals surface area contributed by atoms with Gasteiger partial charge in [-0.15, -0.1) is 0 Å². The molecule has 116 valence electrons. The molecule has 21 heavy (non-hydrogen) atoms. The number of aldehydes is 1. The van der Waals surface area contributed by atoms with Crippen LogP contribution in [0.2, 0.25) is 0 Å². The zero-order chi connectivity index (χ0) is 15.3. The molecule has 3 atom stereocenters. The lowest BCUT2D eigenvalue weighted by Crippen LogP contribution is -2.47. The van der Waals surface area contributed by atoms with Crippen LogP contribution in [0.4, 0.5) is 0 Å². The van der Waals surface area contributed by atoms with Gasteiger partial charge in [0, 0.05) is 5.41 Å². The van der Waals surface area contributed by atoms with E-state index in [9.17, 15) is 4.79 Å². The van der Waals surface area contributed by atoms with Gasteiger partial charge in [-0.3, -0.25) is 0 Å². The van der Waals surface area contributed by atoms with E-state index in [-0.39, 0.29) is 10.8 Å². The summed E-state index contributed by atoms with van der Waals surface area (Å²) in [5, 5.41) is 0. The van der Waals surface area contributed by atoms with E-state index >= 15 is 0 Å². The van der Waals surface area contributed by atoms with Gasteiger partial charge in [-0.25, -0.2) is 0 Å². The fourth-order valence-corrected chi connectivity index (χ4v) is 5.51. The van der Waals surface area contributed by atoms with Crippen molar-refractivity contribution in [2.24, 2.45) is 22.7 Å². The number of carbonyl (C=O) groups is 1. The van der Waals surface area contributed by atoms with Crippen LogP contribution in [-0.4, -0.2) is 6.29 Å². The Labute approximate surface area is 129 Å². The zero-order valence-electron chi connectivity index (χ0n) is 14.2. The number of hydrogen-bond acceptors (Lipinski definition) is 1. The molecule has 0 N–H and O–H groups in total. The van der Waals surface area contributed by atoms with Crippen molar-refractivity contribution in [3.63, 3.8) is 0 Å². The van der Waals surface area contributed by atoms with Gasteiger partial charge in [0.1, 0.15) is 6.29 Å². The standard InChI is InChI=1S/C20H30O/c1-14(2)15-6-8-17-16(12-15)7-9-18-19(3,13-21)10-5-11-20(17,18)4/h12-14,18H,5-11H2,1-4H3/t18-,19-,20+/m0/s1. The van der Waals surface area contributed by atoms with E-state index in [1.165, 1.54) is 44.8 Å². The van der Waals surface area contributed by atoms with Crippen molar-refractivity contribution in [3.8, 4) is 0 Å². The van der Waals surface area contributed by atoms with E-state index in [0.717, 1.165) is 6.42 Å². The Kier molecular flexibility index (Phi) is 3.66. The summed E-state index contributed by atoms with van der Waals surface area (Å²) >= 11 is 0. The first-order valence-corrected chi connectivity index (χ1v) is 8.80. The molecule has 0 spiro atoms. The molecule has 0 aromatic rings. The predicted molar refractivity (Wildman–Crippen MR) is 88.0 cm³/mol. The number of carbonyl (C=O) groups excluding carboxylic acids is 1. The minimum Gasteiger partial charge on any atom is -0.303 e. The van der Waals surface area contributed by atoms with Crippen LogP contribution < -0.4 is 0 Å². The summed E-state index contributed by atoms with van der Waals surface area (Å²) in [5.41, 5.74) is 5.15. The van der Waals surface area contributed by atoms with Crippen molar-refractivity contribution in [2.75, 3.05) is 0 Å². The molecular formula is C20H30O. The smallest absolute Gasteiger partial charge is 0.126 e. The second-order valence-corrected chi connectivity index (χ2v) is 8.36. The maximum absolute atomic E-state index is 11.8. The van der Waals surface area contributed by atoms with E-state index in [1.54, 1.807) is 16.7 Å². The molecule has 0 unspecified atom stereocenters. The van der Waals surface area contributed by atoms with Crippen LogP contribution in [0.1, 0.15) is 72.6 Å². The summed E-state index contributed by atoms with van der Waals surface area (Å²) in [6.45, 7) is 9.30. The van der Waals surface area contributed by atoms with Gasteiger partial charge < -0.3 is 4.79 Å². The van der Waals surface area contributed by atoms with Gasteiger partial charge in [-0.05, 0) is 61.3 Å². The lowest BCUT2D eigenvalue weighted by atomic mass is 9.49. The van der Waals surface area contributed by atoms with Crippen LogP contribution in [0.25, 0.3) is 0 Å². The van der Waals surface area contributed by atoms with Gasteiger partial charge in [0.05, 0.1) is 0 Å². The molecule has 0 radical (unpaired) electrons. The molecule has 0 aromatic carbocycles. The third-order valence-corrected chi connectivity index (χ3v) is 6.79. The molecule has 1 nitrogen and oxygen atoms in total. The number of fused-ring (bicyclic) bond motifs is 2. The monoisotopic (exact) mass is 286 g/mol. The maximum atomic E-state index is 11.8. The molecule has 0 aromatic heterocycles. The summed E-state index contributed by atoms with van der Waals surface area (Å²) in [4.78, 5) is 11.8. The topological polar surface area (TPSA) is 17.1 Å². The predicted octanol–water partition coefficient (Wildman–Crippen LogP) is 5.46. The molecular weight excluding hydrogens is 256 g/mol. The van der Waals surface area contributed by atoms with Gasteiger partial charge in [-0.2, -0.15) is 0 Å². The van der Waals surface area contributed by atoms with E-state index in [2.05, 4.69) is 33.8 Å². The normalized spacial score (nSPS) is 39.7. The lowest BCUT2D eigenvalue weighted by molar-refractivity contribution is -0.124. The van der Waals surface area contributed by atoms with Crippen molar-refractivity contribution < 1.29 is 4.79 Å². The highest BCUT2D eigenvalue weighted by Crippen LogP contribution is 2.60. The summed E-state index contributed by atoms with van der Waals surface area (Å²) in [6.07, 6.45) is 12.2. The maximum Gasteiger partial charge on any atom is 0.126 e. The molecule has 3 aliphatic carbocycles. The minimum atomic E-state index is -0.0897. The molecule has 1 fully saturated rings. The van der Waals surface area contributed by atoms with Crippen molar-refractivity contribution in [3.05, 3.63) is 22.8 Å². The van der Waals surface area contributed by atoms with E-state index in [0.29, 0.717) is 11.8 Å². The van der Waals surface area contributed by atoms with Crippen LogP contribution >= 0.6 is 0 Å². The van der Waals surface area contributed by atoms with Crippen LogP contribution in [0, 0.1) is 22.7 Å². The van der Waals surface area contributed by atoms with Gasteiger partial charge in [-0.1, -0.05) is 51.3 Å². The number of allylic oxidation sites excluding steroid dienone is 4. The fourth-order valence-electron chi connectivity index (χ4n) is 5.51. The average Bonchev–Trinajstić information content (AvgIpc) is 2.46. The van der Waals surface area contributed by atoms with E-state index < -0.39 is 0 Å². The molecule has 3 rings (SSSR count). The highest BCUT2D eigenvalue weighted by atomic mass is 16.1. The van der Waals surface area contributed by atoms with Gasteiger partial charge >= 0.3 is 0 Å². The van der Waals surface area contributed by atoms with Crippen LogP contribution in [0.15, 0.2) is 22.8 Å². The highest BCUT2D eigenvalue weighted by Gasteiger charge is 2.52. The van der Waals surface area contributed by atoms with Crippen LogP contribution in [0.3, 0.4) is 0 Å². The summed E-state index contributed by atoms with van der Waals surface area (Å²) < 4.78 is 0. The molecule has 0 aliphatic heterocycles. The van der Waals surface area contributed by atoms with Crippen molar-refractivity contribution in [1.82, 2.24) is 0 Å². The number of rotatable bonds is 2. The quantitative estimate of drug-likeness (QED) is 0.616. The van der Waals surface area contributed by atoms with Crippen molar-refractivity contribution in [1.29, 1.82) is 0 Å². The average molecular weight is 286 g/mol. The molecule has 1 saturated carbocycles. The number of hydrogen-bond donors (Lipinski definition) is 0. The van der Waals surface area contributed by atoms with Crippen molar-refractivity contribution >= 4 is 6.29 Å². The van der Waals surface area contributed by atoms with Gasteiger partial charge in [0.15, 0.2) is 0 Å². The molecule has 0 bridgehead atoms. The largest absolute Gasteiger partial charge is 0.303 e. The Morgan fingerprint density at radius 2 is 1.95 bits per heavy atom. The fraction of sp³-hybridized carbons (Fsp3) is 0.750. The highest BCUT2D eigenvalue weighted by molar-refractivity contribution is 5.61. The third kappa shape index (κ3) is 2.24. The molecule has 0 amide bonds. The van der Waals surface area contributed by atoms with Crippen molar-refractivity contribution in [2.45, 2.75) is 72.6 Å². The molecule has 3 aliphatic rings. The molecule has 0 heterocycles. The second-order valence-electron chi connectivity index (χ2n) is 8.36. The Balaban J connectivity index is 2.02. The Morgan fingerprint density at radius 1 is 1.19 bits per heavy atom. The Morgan fingerprint density at radius 3 is 2.62 bits per heavy atom. The first kappa shape index (κ1) is 15.1. The van der Waals surface area contributed by atoms with Gasteiger partial charge in [0.25, 0.3) is 0 Å². The zero-order valence-corrected chi connectivity index (χ0v) is 14.2. The summed E-state index contributed by atoms with van der Waals surface area (Å²) in [7, 11) is 0. The van der Waals surface area contributed by atoms with E-state index in [4.69, 9.17) is 0 Å². The minimum absolute atomic E-state index is 0.0897. The first-order valence-electron chi connectivity index (χ1n) is 8.80. The second kappa shape index (κ2) is 5.11. The Bertz CT molecular complexity index is 510. The molecule has 1 heteroatoms. The molecule has 0 saturated heterocycles. The summed E-state index contributed by atoms with van der Waals surface area (Å²) in [5.74, 6) is 1.24. The SMILES string of the molecule is CC(C)C1=CC2=C(CC1)[C@@]1(C)CCC[C@@](C)(C=O)[C@@H]1CC2. The first-order chi connectivity index (χ1) is 9.90. The van der Waals surface area contributed by atoms with Crippen LogP contribution in [0.5, 0.6) is 0 Å². The third-order valence-electron chi connectivity index (χ3n) is 6.79. The Hall–Kier alpha value is -0.850.